The Morgan fingerprint density at radius 2 is 2.05 bits per heavy atom. The molecule has 0 amide bonds. The van der Waals surface area contributed by atoms with E-state index in [1.807, 2.05) is 0 Å². The van der Waals surface area contributed by atoms with Gasteiger partial charge in [0.05, 0.1) is 9.95 Å². The van der Waals surface area contributed by atoms with Crippen molar-refractivity contribution in [2.75, 3.05) is 6.54 Å². The van der Waals surface area contributed by atoms with Crippen molar-refractivity contribution in [1.29, 1.82) is 0 Å². The summed E-state index contributed by atoms with van der Waals surface area (Å²) in [6.45, 7) is 3.32. The lowest BCUT2D eigenvalue weighted by Gasteiger charge is -2.24. The Balaban J connectivity index is 3.20. The number of hydrogen-bond acceptors (Lipinski definition) is 5. The molecule has 1 aromatic rings. The minimum Gasteiger partial charge on any atom is -0.329 e. The van der Waals surface area contributed by atoms with Gasteiger partial charge in [0.1, 0.15) is 4.90 Å². The van der Waals surface area contributed by atoms with Gasteiger partial charge in [0, 0.05) is 24.2 Å². The van der Waals surface area contributed by atoms with Crippen molar-refractivity contribution in [3.05, 3.63) is 33.3 Å². The number of rotatable bonds is 5. The molecule has 0 aliphatic heterocycles. The number of nitrogens with zero attached hydrogens (tertiary/aromatic N) is 1. The van der Waals surface area contributed by atoms with E-state index in [1.165, 1.54) is 0 Å². The van der Waals surface area contributed by atoms with Crippen LogP contribution in [0.4, 0.5) is 5.69 Å². The molecule has 0 unspecified atom stereocenters. The van der Waals surface area contributed by atoms with E-state index in [2.05, 4.69) is 4.72 Å². The second-order valence-corrected chi connectivity index (χ2v) is 6.62. The molecule has 0 aliphatic carbocycles. The van der Waals surface area contributed by atoms with Gasteiger partial charge in [-0.15, -0.1) is 0 Å². The Hall–Kier alpha value is -1.22. The van der Waals surface area contributed by atoms with Crippen molar-refractivity contribution >= 4 is 27.3 Å². The number of non-ortho nitro benzene ring substituents is 1. The SMILES string of the molecule is CC(C)(CN)NS(=O)(=O)c1ccc([N+](=O)[O-])cc1Cl. The highest BCUT2D eigenvalue weighted by atomic mass is 35.5. The maximum atomic E-state index is 12.1. The zero-order valence-corrected chi connectivity index (χ0v) is 12.0. The highest BCUT2D eigenvalue weighted by molar-refractivity contribution is 7.89. The largest absolute Gasteiger partial charge is 0.329 e. The summed E-state index contributed by atoms with van der Waals surface area (Å²) in [5.74, 6) is 0. The van der Waals surface area contributed by atoms with Crippen LogP contribution in [0.2, 0.25) is 5.02 Å². The predicted octanol–water partition coefficient (Wildman–Crippen LogP) is 1.26. The maximum absolute atomic E-state index is 12.1. The lowest BCUT2D eigenvalue weighted by molar-refractivity contribution is -0.384. The number of nitro groups is 1. The lowest BCUT2D eigenvalue weighted by atomic mass is 10.1. The van der Waals surface area contributed by atoms with Gasteiger partial charge in [-0.05, 0) is 19.9 Å². The summed E-state index contributed by atoms with van der Waals surface area (Å²) in [5.41, 5.74) is 4.32. The summed E-state index contributed by atoms with van der Waals surface area (Å²) >= 11 is 5.78. The maximum Gasteiger partial charge on any atom is 0.271 e. The molecule has 0 heterocycles. The van der Waals surface area contributed by atoms with E-state index >= 15 is 0 Å². The summed E-state index contributed by atoms with van der Waals surface area (Å²) in [6, 6.07) is 3.16. The molecule has 0 saturated carbocycles. The van der Waals surface area contributed by atoms with Crippen molar-refractivity contribution in [3.8, 4) is 0 Å². The molecular weight excluding hydrogens is 294 g/mol. The fraction of sp³-hybridized carbons (Fsp3) is 0.400. The van der Waals surface area contributed by atoms with Gasteiger partial charge in [0.25, 0.3) is 5.69 Å². The van der Waals surface area contributed by atoms with Gasteiger partial charge in [-0.25, -0.2) is 13.1 Å². The van der Waals surface area contributed by atoms with E-state index in [0.29, 0.717) is 0 Å². The average Bonchev–Trinajstić information content (AvgIpc) is 2.27. The first kappa shape index (κ1) is 15.8. The van der Waals surface area contributed by atoms with E-state index in [9.17, 15) is 18.5 Å². The van der Waals surface area contributed by atoms with Gasteiger partial charge in [-0.3, -0.25) is 10.1 Å². The molecular formula is C10H14ClN3O4S. The second kappa shape index (κ2) is 5.41. The minimum absolute atomic E-state index is 0.0941. The number of halogens is 1. The molecule has 0 aromatic heterocycles. The van der Waals surface area contributed by atoms with Crippen LogP contribution in [-0.2, 0) is 10.0 Å². The zero-order chi connectivity index (χ0) is 14.8. The van der Waals surface area contributed by atoms with Crippen molar-refractivity contribution in [2.45, 2.75) is 24.3 Å². The van der Waals surface area contributed by atoms with Crippen LogP contribution in [0.1, 0.15) is 13.8 Å². The Morgan fingerprint density at radius 1 is 1.47 bits per heavy atom. The van der Waals surface area contributed by atoms with Gasteiger partial charge in [0.2, 0.25) is 10.0 Å². The fourth-order valence-electron chi connectivity index (χ4n) is 1.28. The van der Waals surface area contributed by atoms with Crippen LogP contribution in [0, 0.1) is 10.1 Å². The molecule has 0 aliphatic rings. The molecule has 0 spiro atoms. The summed E-state index contributed by atoms with van der Waals surface area (Å²) in [4.78, 5) is 9.68. The van der Waals surface area contributed by atoms with E-state index < -0.39 is 20.5 Å². The highest BCUT2D eigenvalue weighted by Crippen LogP contribution is 2.26. The number of nitrogens with two attached hydrogens (primary N) is 1. The number of sulfonamides is 1. The predicted molar refractivity (Wildman–Crippen MR) is 71.6 cm³/mol. The molecule has 0 atom stereocenters. The standard InChI is InChI=1S/C10H14ClN3O4S/c1-10(2,6-12)13-19(17,18)9-4-3-7(14(15)16)5-8(9)11/h3-5,13H,6,12H2,1-2H3. The second-order valence-electron chi connectivity index (χ2n) is 4.57. The van der Waals surface area contributed by atoms with Crippen LogP contribution in [-0.4, -0.2) is 25.4 Å². The molecule has 0 radical (unpaired) electrons. The van der Waals surface area contributed by atoms with Crippen molar-refractivity contribution in [3.63, 3.8) is 0 Å². The zero-order valence-electron chi connectivity index (χ0n) is 10.4. The Bertz CT molecular complexity index is 601. The van der Waals surface area contributed by atoms with Crippen LogP contribution < -0.4 is 10.5 Å². The Morgan fingerprint density at radius 3 is 2.47 bits per heavy atom. The first-order valence-electron chi connectivity index (χ1n) is 5.27. The van der Waals surface area contributed by atoms with Crippen LogP contribution in [0.25, 0.3) is 0 Å². The smallest absolute Gasteiger partial charge is 0.271 e. The van der Waals surface area contributed by atoms with E-state index in [0.717, 1.165) is 18.2 Å². The quantitative estimate of drug-likeness (QED) is 0.627. The van der Waals surface area contributed by atoms with Gasteiger partial charge in [-0.1, -0.05) is 11.6 Å². The molecule has 0 bridgehead atoms. The molecule has 0 fully saturated rings. The fourth-order valence-corrected chi connectivity index (χ4v) is 3.24. The topological polar surface area (TPSA) is 115 Å². The number of nitro benzene ring substituents is 1. The van der Waals surface area contributed by atoms with Crippen molar-refractivity contribution in [2.24, 2.45) is 5.73 Å². The molecule has 19 heavy (non-hydrogen) atoms. The number of hydrogen-bond donors (Lipinski definition) is 2. The Kier molecular flexibility index (Phi) is 4.51. The average molecular weight is 308 g/mol. The third-order valence-corrected chi connectivity index (χ3v) is 4.52. The normalized spacial score (nSPS) is 12.4. The van der Waals surface area contributed by atoms with Gasteiger partial charge < -0.3 is 5.73 Å². The minimum atomic E-state index is -3.89. The van der Waals surface area contributed by atoms with Crippen LogP contribution in [0.3, 0.4) is 0 Å². The van der Waals surface area contributed by atoms with E-state index in [4.69, 9.17) is 17.3 Å². The Labute approximate surface area is 115 Å². The monoisotopic (exact) mass is 307 g/mol. The molecule has 3 N–H and O–H groups in total. The van der Waals surface area contributed by atoms with Crippen LogP contribution >= 0.6 is 11.6 Å². The van der Waals surface area contributed by atoms with Gasteiger partial charge in [0.15, 0.2) is 0 Å². The van der Waals surface area contributed by atoms with E-state index in [1.54, 1.807) is 13.8 Å². The summed E-state index contributed by atoms with van der Waals surface area (Å²) in [5, 5.41) is 10.3. The first-order chi connectivity index (χ1) is 8.59. The highest BCUT2D eigenvalue weighted by Gasteiger charge is 2.27. The summed E-state index contributed by atoms with van der Waals surface area (Å²) in [7, 11) is -3.89. The lowest BCUT2D eigenvalue weighted by Crippen LogP contribution is -2.48. The third kappa shape index (κ3) is 3.87. The molecule has 7 nitrogen and oxygen atoms in total. The number of nitrogens with one attached hydrogen (secondary N) is 1. The molecule has 9 heteroatoms. The molecule has 106 valence electrons. The molecule has 0 saturated heterocycles. The summed E-state index contributed by atoms with van der Waals surface area (Å²) in [6.07, 6.45) is 0. The van der Waals surface area contributed by atoms with Crippen LogP contribution in [0.15, 0.2) is 23.1 Å². The first-order valence-corrected chi connectivity index (χ1v) is 7.13. The van der Waals surface area contributed by atoms with E-state index in [-0.39, 0.29) is 22.2 Å². The molecule has 1 aromatic carbocycles. The summed E-state index contributed by atoms with van der Waals surface area (Å²) < 4.78 is 26.6. The van der Waals surface area contributed by atoms with Crippen LogP contribution in [0.5, 0.6) is 0 Å². The van der Waals surface area contributed by atoms with Gasteiger partial charge >= 0.3 is 0 Å². The number of benzene rings is 1. The molecule has 1 rings (SSSR count). The van der Waals surface area contributed by atoms with Crippen molar-refractivity contribution in [1.82, 2.24) is 4.72 Å². The van der Waals surface area contributed by atoms with Crippen molar-refractivity contribution < 1.29 is 13.3 Å². The third-order valence-electron chi connectivity index (χ3n) is 2.34. The van der Waals surface area contributed by atoms with Gasteiger partial charge in [-0.2, -0.15) is 0 Å².